The Labute approximate surface area is 124 Å². The number of nitrogens with two attached hydrogens (primary N) is 1. The van der Waals surface area contributed by atoms with E-state index in [-0.39, 0.29) is 18.6 Å². The molecule has 1 amide bonds. The number of hydrogen-bond acceptors (Lipinski definition) is 3. The van der Waals surface area contributed by atoms with Crippen LogP contribution >= 0.6 is 31.9 Å². The predicted octanol–water partition coefficient (Wildman–Crippen LogP) is 2.57. The van der Waals surface area contributed by atoms with Gasteiger partial charge in [0.2, 0.25) is 0 Å². The van der Waals surface area contributed by atoms with Crippen LogP contribution in [-0.4, -0.2) is 18.6 Å². The largest absolute Gasteiger partial charge is 0.481 e. The average molecular weight is 380 g/mol. The molecule has 0 fully saturated rings. The van der Waals surface area contributed by atoms with Crippen LogP contribution in [0.25, 0.3) is 0 Å². The highest BCUT2D eigenvalue weighted by Gasteiger charge is 2.11. The van der Waals surface area contributed by atoms with Gasteiger partial charge in [0.15, 0.2) is 6.61 Å². The fourth-order valence-corrected chi connectivity index (χ4v) is 2.88. The summed E-state index contributed by atoms with van der Waals surface area (Å²) < 4.78 is 7.03. The van der Waals surface area contributed by atoms with Gasteiger partial charge in [-0.2, -0.15) is 0 Å². The Morgan fingerprint density at radius 3 is 2.39 bits per heavy atom. The molecule has 0 aromatic heterocycles. The van der Waals surface area contributed by atoms with E-state index in [4.69, 9.17) is 10.5 Å². The van der Waals surface area contributed by atoms with Crippen molar-refractivity contribution < 1.29 is 9.53 Å². The van der Waals surface area contributed by atoms with Crippen molar-refractivity contribution >= 4 is 37.8 Å². The zero-order valence-corrected chi connectivity index (χ0v) is 13.5. The van der Waals surface area contributed by atoms with E-state index in [0.717, 1.165) is 14.5 Å². The molecular weight excluding hydrogens is 364 g/mol. The third kappa shape index (κ3) is 4.59. The van der Waals surface area contributed by atoms with Crippen LogP contribution in [0.5, 0.6) is 5.75 Å². The number of nitrogens with one attached hydrogen (secondary N) is 1. The summed E-state index contributed by atoms with van der Waals surface area (Å²) in [5.74, 6) is 0.456. The van der Waals surface area contributed by atoms with E-state index < -0.39 is 0 Å². The van der Waals surface area contributed by atoms with E-state index in [0.29, 0.717) is 12.3 Å². The van der Waals surface area contributed by atoms with Gasteiger partial charge in [-0.1, -0.05) is 0 Å². The van der Waals surface area contributed by atoms with Crippen LogP contribution in [0, 0.1) is 0 Å². The van der Waals surface area contributed by atoms with Gasteiger partial charge in [-0.05, 0) is 63.4 Å². The van der Waals surface area contributed by atoms with Crippen molar-refractivity contribution in [3.8, 4) is 5.75 Å². The van der Waals surface area contributed by atoms with Crippen LogP contribution < -0.4 is 15.8 Å². The fraction of sp³-hybridized carbons (Fsp3) is 0.417. The standard InChI is InChI=1S/C12H16Br2N2O2/c1-7(2)16-11(17)6-18-12-9(13)3-8(5-15)4-10(12)14/h3-4,7H,5-6,15H2,1-2H3,(H,16,17). The Bertz CT molecular complexity index is 413. The van der Waals surface area contributed by atoms with E-state index in [1.807, 2.05) is 26.0 Å². The minimum Gasteiger partial charge on any atom is -0.481 e. The van der Waals surface area contributed by atoms with Crippen LogP contribution in [0.3, 0.4) is 0 Å². The lowest BCUT2D eigenvalue weighted by Crippen LogP contribution is -2.34. The third-order valence-electron chi connectivity index (χ3n) is 2.09. The number of ether oxygens (including phenoxy) is 1. The molecule has 1 aromatic rings. The Hall–Kier alpha value is -0.590. The number of hydrogen-bond donors (Lipinski definition) is 2. The number of halogens is 2. The molecule has 1 aromatic carbocycles. The van der Waals surface area contributed by atoms with Crippen LogP contribution in [0.4, 0.5) is 0 Å². The molecule has 0 aliphatic heterocycles. The lowest BCUT2D eigenvalue weighted by Gasteiger charge is -2.13. The Morgan fingerprint density at radius 1 is 1.39 bits per heavy atom. The maximum atomic E-state index is 11.5. The highest BCUT2D eigenvalue weighted by molar-refractivity contribution is 9.11. The average Bonchev–Trinajstić information content (AvgIpc) is 2.26. The maximum absolute atomic E-state index is 11.5. The molecule has 1 rings (SSSR count). The number of benzene rings is 1. The monoisotopic (exact) mass is 378 g/mol. The van der Waals surface area contributed by atoms with Crippen molar-refractivity contribution in [2.45, 2.75) is 26.4 Å². The molecule has 18 heavy (non-hydrogen) atoms. The molecule has 0 aliphatic carbocycles. The second-order valence-electron chi connectivity index (χ2n) is 4.10. The summed E-state index contributed by atoms with van der Waals surface area (Å²) in [6.07, 6.45) is 0. The molecule has 4 nitrogen and oxygen atoms in total. The second-order valence-corrected chi connectivity index (χ2v) is 5.81. The molecule has 0 saturated carbocycles. The van der Waals surface area contributed by atoms with E-state index in [1.54, 1.807) is 0 Å². The molecule has 0 bridgehead atoms. The van der Waals surface area contributed by atoms with Crippen molar-refractivity contribution in [1.29, 1.82) is 0 Å². The summed E-state index contributed by atoms with van der Waals surface area (Å²) in [4.78, 5) is 11.5. The van der Waals surface area contributed by atoms with Crippen molar-refractivity contribution in [2.24, 2.45) is 5.73 Å². The molecule has 3 N–H and O–H groups in total. The quantitative estimate of drug-likeness (QED) is 0.826. The van der Waals surface area contributed by atoms with Gasteiger partial charge in [-0.15, -0.1) is 0 Å². The van der Waals surface area contributed by atoms with Crippen molar-refractivity contribution in [2.75, 3.05) is 6.61 Å². The number of amides is 1. The predicted molar refractivity (Wildman–Crippen MR) is 78.5 cm³/mol. The molecule has 0 aliphatic rings. The summed E-state index contributed by atoms with van der Waals surface area (Å²) in [5, 5.41) is 2.76. The summed E-state index contributed by atoms with van der Waals surface area (Å²) >= 11 is 6.79. The molecule has 0 atom stereocenters. The van der Waals surface area contributed by atoms with E-state index in [1.165, 1.54) is 0 Å². The zero-order valence-electron chi connectivity index (χ0n) is 10.3. The van der Waals surface area contributed by atoms with Crippen LogP contribution in [-0.2, 0) is 11.3 Å². The number of carbonyl (C=O) groups is 1. The Kier molecular flexibility index (Phi) is 6.11. The van der Waals surface area contributed by atoms with Gasteiger partial charge in [0.1, 0.15) is 5.75 Å². The Morgan fingerprint density at radius 2 is 1.94 bits per heavy atom. The number of carbonyl (C=O) groups excluding carboxylic acids is 1. The Balaban J connectivity index is 2.70. The van der Waals surface area contributed by atoms with Crippen molar-refractivity contribution in [1.82, 2.24) is 5.32 Å². The normalized spacial score (nSPS) is 10.6. The van der Waals surface area contributed by atoms with E-state index in [9.17, 15) is 4.79 Å². The molecule has 0 unspecified atom stereocenters. The highest BCUT2D eigenvalue weighted by atomic mass is 79.9. The first-order chi connectivity index (χ1) is 8.43. The van der Waals surface area contributed by atoms with Gasteiger partial charge in [-0.3, -0.25) is 4.79 Å². The lowest BCUT2D eigenvalue weighted by atomic mass is 10.2. The molecule has 0 saturated heterocycles. The van der Waals surface area contributed by atoms with E-state index >= 15 is 0 Å². The molecule has 0 heterocycles. The van der Waals surface area contributed by atoms with Crippen LogP contribution in [0.2, 0.25) is 0 Å². The fourth-order valence-electron chi connectivity index (χ4n) is 1.37. The smallest absolute Gasteiger partial charge is 0.258 e. The van der Waals surface area contributed by atoms with Gasteiger partial charge in [-0.25, -0.2) is 0 Å². The van der Waals surface area contributed by atoms with Crippen LogP contribution in [0.1, 0.15) is 19.4 Å². The van der Waals surface area contributed by atoms with Gasteiger partial charge < -0.3 is 15.8 Å². The summed E-state index contributed by atoms with van der Waals surface area (Å²) in [5.41, 5.74) is 6.55. The summed E-state index contributed by atoms with van der Waals surface area (Å²) in [6.45, 7) is 4.24. The van der Waals surface area contributed by atoms with Crippen molar-refractivity contribution in [3.63, 3.8) is 0 Å². The van der Waals surface area contributed by atoms with Gasteiger partial charge >= 0.3 is 0 Å². The first-order valence-corrected chi connectivity index (χ1v) is 7.12. The van der Waals surface area contributed by atoms with Gasteiger partial charge in [0.05, 0.1) is 8.95 Å². The topological polar surface area (TPSA) is 64.3 Å². The lowest BCUT2D eigenvalue weighted by molar-refractivity contribution is -0.123. The summed E-state index contributed by atoms with van der Waals surface area (Å²) in [7, 11) is 0. The molecule has 0 spiro atoms. The summed E-state index contributed by atoms with van der Waals surface area (Å²) in [6, 6.07) is 3.86. The zero-order chi connectivity index (χ0) is 13.7. The highest BCUT2D eigenvalue weighted by Crippen LogP contribution is 2.34. The minimum atomic E-state index is -0.147. The van der Waals surface area contributed by atoms with E-state index in [2.05, 4.69) is 37.2 Å². The molecule has 6 heteroatoms. The maximum Gasteiger partial charge on any atom is 0.258 e. The third-order valence-corrected chi connectivity index (χ3v) is 3.27. The molecular formula is C12H16Br2N2O2. The SMILES string of the molecule is CC(C)NC(=O)COc1c(Br)cc(CN)cc1Br. The minimum absolute atomic E-state index is 0.0165. The first kappa shape index (κ1) is 15.5. The molecule has 0 radical (unpaired) electrons. The van der Waals surface area contributed by atoms with Gasteiger partial charge in [0, 0.05) is 12.6 Å². The van der Waals surface area contributed by atoms with Gasteiger partial charge in [0.25, 0.3) is 5.91 Å². The van der Waals surface area contributed by atoms with Crippen molar-refractivity contribution in [3.05, 3.63) is 26.6 Å². The second kappa shape index (κ2) is 7.11. The number of rotatable bonds is 5. The van der Waals surface area contributed by atoms with Crippen LogP contribution in [0.15, 0.2) is 21.1 Å². The molecule has 100 valence electrons. The first-order valence-electron chi connectivity index (χ1n) is 5.54.